The molecule has 0 fully saturated rings. The van der Waals surface area contributed by atoms with Crippen LogP contribution >= 0.6 is 11.6 Å². The minimum Gasteiger partial charge on any atom is -0.489 e. The van der Waals surface area contributed by atoms with Gasteiger partial charge in [-0.25, -0.2) is 0 Å². The van der Waals surface area contributed by atoms with E-state index in [9.17, 15) is 0 Å². The number of hydrogen-bond acceptors (Lipinski definition) is 2. The summed E-state index contributed by atoms with van der Waals surface area (Å²) in [6.45, 7) is 2.69. The van der Waals surface area contributed by atoms with Crippen molar-refractivity contribution in [3.63, 3.8) is 0 Å². The van der Waals surface area contributed by atoms with Crippen LogP contribution in [0.3, 0.4) is 0 Å². The fourth-order valence-electron chi connectivity index (χ4n) is 2.06. The Balaban J connectivity index is 1.86. The molecule has 2 aromatic carbocycles. The molecule has 0 bridgehead atoms. The Kier molecular flexibility index (Phi) is 6.09. The van der Waals surface area contributed by atoms with E-state index in [0.717, 1.165) is 29.2 Å². The van der Waals surface area contributed by atoms with Crippen molar-refractivity contribution in [3.8, 4) is 5.75 Å². The Hall–Kier alpha value is -1.51. The van der Waals surface area contributed by atoms with E-state index in [-0.39, 0.29) is 0 Å². The van der Waals surface area contributed by atoms with Crippen LogP contribution in [0.5, 0.6) is 5.75 Å². The van der Waals surface area contributed by atoms with Crippen LogP contribution in [0.25, 0.3) is 0 Å². The van der Waals surface area contributed by atoms with Crippen LogP contribution < -0.4 is 10.1 Å². The van der Waals surface area contributed by atoms with E-state index in [2.05, 4.69) is 24.4 Å². The zero-order chi connectivity index (χ0) is 15.1. The van der Waals surface area contributed by atoms with Crippen LogP contribution in [-0.4, -0.2) is 13.1 Å². The molecular weight excluding hydrogens is 282 g/mol. The quantitative estimate of drug-likeness (QED) is 0.815. The van der Waals surface area contributed by atoms with Crippen LogP contribution in [-0.2, 0) is 13.0 Å². The predicted molar refractivity (Wildman–Crippen MR) is 89.1 cm³/mol. The Labute approximate surface area is 132 Å². The van der Waals surface area contributed by atoms with Crippen molar-refractivity contribution < 1.29 is 4.74 Å². The summed E-state index contributed by atoms with van der Waals surface area (Å²) in [6.07, 6.45) is 2.21. The third-order valence-electron chi connectivity index (χ3n) is 3.63. The summed E-state index contributed by atoms with van der Waals surface area (Å²) in [7, 11) is 2.00. The first-order valence-electron chi connectivity index (χ1n) is 7.31. The summed E-state index contributed by atoms with van der Waals surface area (Å²) in [4.78, 5) is 0. The van der Waals surface area contributed by atoms with Gasteiger partial charge in [-0.1, -0.05) is 41.9 Å². The van der Waals surface area contributed by atoms with Crippen molar-refractivity contribution in [2.45, 2.75) is 32.4 Å². The fraction of sp³-hybridized carbons (Fsp3) is 0.333. The van der Waals surface area contributed by atoms with Gasteiger partial charge in [-0.3, -0.25) is 0 Å². The lowest BCUT2D eigenvalue weighted by Gasteiger charge is -2.11. The highest BCUT2D eigenvalue weighted by Crippen LogP contribution is 2.19. The van der Waals surface area contributed by atoms with E-state index in [1.807, 2.05) is 43.4 Å². The zero-order valence-corrected chi connectivity index (χ0v) is 13.4. The molecular formula is C18H22ClNO. The minimum atomic E-state index is 0.496. The normalized spacial score (nSPS) is 12.1. The molecule has 0 saturated carbocycles. The SMILES string of the molecule is CNC(C)CCc1ccc(OCc2ccccc2Cl)cc1. The maximum absolute atomic E-state index is 6.11. The molecule has 0 aliphatic carbocycles. The molecule has 0 heterocycles. The molecule has 112 valence electrons. The highest BCUT2D eigenvalue weighted by Gasteiger charge is 2.02. The van der Waals surface area contributed by atoms with Crippen LogP contribution in [0.2, 0.25) is 5.02 Å². The van der Waals surface area contributed by atoms with Crippen molar-refractivity contribution in [2.24, 2.45) is 0 Å². The van der Waals surface area contributed by atoms with E-state index in [1.165, 1.54) is 5.56 Å². The number of ether oxygens (including phenoxy) is 1. The Bertz CT molecular complexity index is 553. The van der Waals surface area contributed by atoms with Crippen molar-refractivity contribution in [2.75, 3.05) is 7.05 Å². The summed E-state index contributed by atoms with van der Waals surface area (Å²) >= 11 is 6.11. The second kappa shape index (κ2) is 8.06. The molecule has 2 aromatic rings. The highest BCUT2D eigenvalue weighted by molar-refractivity contribution is 6.31. The van der Waals surface area contributed by atoms with E-state index in [0.29, 0.717) is 12.6 Å². The summed E-state index contributed by atoms with van der Waals surface area (Å²) in [5, 5.41) is 4.00. The van der Waals surface area contributed by atoms with Crippen LogP contribution in [0.1, 0.15) is 24.5 Å². The second-order valence-corrected chi connectivity index (χ2v) is 5.66. The molecule has 0 saturated heterocycles. The van der Waals surface area contributed by atoms with Gasteiger partial charge in [0.2, 0.25) is 0 Å². The van der Waals surface area contributed by atoms with E-state index in [1.54, 1.807) is 0 Å². The van der Waals surface area contributed by atoms with E-state index in [4.69, 9.17) is 16.3 Å². The summed E-state index contributed by atoms with van der Waals surface area (Å²) in [5.74, 6) is 0.875. The molecule has 0 spiro atoms. The van der Waals surface area contributed by atoms with Crippen molar-refractivity contribution in [3.05, 3.63) is 64.7 Å². The highest BCUT2D eigenvalue weighted by atomic mass is 35.5. The molecule has 0 aliphatic rings. The molecule has 0 aromatic heterocycles. The van der Waals surface area contributed by atoms with Crippen LogP contribution in [0, 0.1) is 0 Å². The largest absolute Gasteiger partial charge is 0.489 e. The van der Waals surface area contributed by atoms with Crippen molar-refractivity contribution in [1.29, 1.82) is 0 Å². The van der Waals surface area contributed by atoms with E-state index >= 15 is 0 Å². The molecule has 1 unspecified atom stereocenters. The standard InChI is InChI=1S/C18H22ClNO/c1-14(20-2)7-8-15-9-11-17(12-10-15)21-13-16-5-3-4-6-18(16)19/h3-6,9-12,14,20H,7-8,13H2,1-2H3. The Morgan fingerprint density at radius 2 is 1.81 bits per heavy atom. The van der Waals surface area contributed by atoms with Crippen molar-refractivity contribution in [1.82, 2.24) is 5.32 Å². The topological polar surface area (TPSA) is 21.3 Å². The average molecular weight is 304 g/mol. The number of rotatable bonds is 7. The monoisotopic (exact) mass is 303 g/mol. The first-order valence-corrected chi connectivity index (χ1v) is 7.69. The summed E-state index contributed by atoms with van der Waals surface area (Å²) in [6, 6.07) is 16.6. The number of aryl methyl sites for hydroxylation is 1. The smallest absolute Gasteiger partial charge is 0.119 e. The van der Waals surface area contributed by atoms with Gasteiger partial charge in [0.15, 0.2) is 0 Å². The molecule has 3 heteroatoms. The second-order valence-electron chi connectivity index (χ2n) is 5.25. The molecule has 21 heavy (non-hydrogen) atoms. The molecule has 0 amide bonds. The predicted octanol–water partition coefficient (Wildman–Crippen LogP) is 4.46. The van der Waals surface area contributed by atoms with Gasteiger partial charge in [0.05, 0.1) is 0 Å². The van der Waals surface area contributed by atoms with E-state index < -0.39 is 0 Å². The molecule has 1 N–H and O–H groups in total. The van der Waals surface area contributed by atoms with Crippen molar-refractivity contribution >= 4 is 11.6 Å². The maximum Gasteiger partial charge on any atom is 0.119 e. The average Bonchev–Trinajstić information content (AvgIpc) is 2.53. The molecule has 0 radical (unpaired) electrons. The number of halogens is 1. The van der Waals surface area contributed by atoms with Gasteiger partial charge in [-0.05, 0) is 50.6 Å². The zero-order valence-electron chi connectivity index (χ0n) is 12.6. The third-order valence-corrected chi connectivity index (χ3v) is 4.00. The first kappa shape index (κ1) is 15.9. The van der Waals surface area contributed by atoms with Gasteiger partial charge in [-0.2, -0.15) is 0 Å². The van der Waals surface area contributed by atoms with Gasteiger partial charge < -0.3 is 10.1 Å². The summed E-state index contributed by atoms with van der Waals surface area (Å²) in [5.41, 5.74) is 2.34. The molecule has 0 aliphatic heterocycles. The van der Waals surface area contributed by atoms with Gasteiger partial charge in [-0.15, -0.1) is 0 Å². The molecule has 1 atom stereocenters. The fourth-order valence-corrected chi connectivity index (χ4v) is 2.25. The Morgan fingerprint density at radius 3 is 2.48 bits per heavy atom. The summed E-state index contributed by atoms with van der Waals surface area (Å²) < 4.78 is 5.78. The number of nitrogens with one attached hydrogen (secondary N) is 1. The van der Waals surface area contributed by atoms with Gasteiger partial charge in [0, 0.05) is 16.6 Å². The maximum atomic E-state index is 6.11. The first-order chi connectivity index (χ1) is 10.2. The van der Waals surface area contributed by atoms with Crippen LogP contribution in [0.15, 0.2) is 48.5 Å². The number of benzene rings is 2. The van der Waals surface area contributed by atoms with Crippen LogP contribution in [0.4, 0.5) is 0 Å². The molecule has 2 rings (SSSR count). The number of hydrogen-bond donors (Lipinski definition) is 1. The lowest BCUT2D eigenvalue weighted by molar-refractivity contribution is 0.306. The molecule has 2 nitrogen and oxygen atoms in total. The van der Waals surface area contributed by atoms with Gasteiger partial charge in [0.1, 0.15) is 12.4 Å². The third kappa shape index (κ3) is 5.07. The minimum absolute atomic E-state index is 0.496. The Morgan fingerprint density at radius 1 is 1.10 bits per heavy atom. The lowest BCUT2D eigenvalue weighted by Crippen LogP contribution is -2.21. The lowest BCUT2D eigenvalue weighted by atomic mass is 10.1. The van der Waals surface area contributed by atoms with Gasteiger partial charge in [0.25, 0.3) is 0 Å². The van der Waals surface area contributed by atoms with Gasteiger partial charge >= 0.3 is 0 Å².